The molecule has 1 aromatic heterocycles. The molecule has 0 fully saturated rings. The molecule has 1 aromatic carbocycles. The van der Waals surface area contributed by atoms with Gasteiger partial charge in [-0.2, -0.15) is 0 Å². The molecule has 0 aliphatic carbocycles. The van der Waals surface area contributed by atoms with E-state index in [9.17, 15) is 0 Å². The summed E-state index contributed by atoms with van der Waals surface area (Å²) in [5.74, 6) is 0. The Kier molecular flexibility index (Phi) is 3.28. The Balaban J connectivity index is 2.13. The Morgan fingerprint density at radius 3 is 2.82 bits per heavy atom. The first-order valence-corrected chi connectivity index (χ1v) is 5.67. The van der Waals surface area contributed by atoms with Gasteiger partial charge in [0, 0.05) is 30.3 Å². The van der Waals surface area contributed by atoms with Crippen LogP contribution in [-0.2, 0) is 6.54 Å². The van der Waals surface area contributed by atoms with Crippen LogP contribution in [0.15, 0.2) is 36.7 Å². The Bertz CT molecular complexity index is 521. The average molecular weight is 227 g/mol. The molecule has 3 N–H and O–H groups in total. The second-order valence-electron chi connectivity index (χ2n) is 4.18. The van der Waals surface area contributed by atoms with Crippen LogP contribution in [0.25, 0.3) is 0 Å². The summed E-state index contributed by atoms with van der Waals surface area (Å²) in [5, 5.41) is 3.40. The Hall–Kier alpha value is -2.03. The number of benzene rings is 1. The van der Waals surface area contributed by atoms with E-state index in [0.29, 0.717) is 0 Å². The maximum Gasteiger partial charge on any atom is 0.0404 e. The fourth-order valence-electron chi connectivity index (χ4n) is 1.76. The number of hydrogen-bond acceptors (Lipinski definition) is 3. The predicted octanol–water partition coefficient (Wildman–Crippen LogP) is 2.89. The van der Waals surface area contributed by atoms with E-state index in [1.165, 1.54) is 5.56 Å². The van der Waals surface area contributed by atoms with Crippen molar-refractivity contribution in [2.75, 3.05) is 11.1 Å². The van der Waals surface area contributed by atoms with Crippen molar-refractivity contribution < 1.29 is 0 Å². The van der Waals surface area contributed by atoms with Gasteiger partial charge in [-0.15, -0.1) is 0 Å². The largest absolute Gasteiger partial charge is 0.399 e. The molecule has 2 aromatic rings. The monoisotopic (exact) mass is 227 g/mol. The minimum atomic E-state index is 0.779. The molecule has 3 heteroatoms. The zero-order valence-corrected chi connectivity index (χ0v) is 10.2. The summed E-state index contributed by atoms with van der Waals surface area (Å²) in [4.78, 5) is 4.07. The lowest BCUT2D eigenvalue weighted by molar-refractivity contribution is 1.11. The van der Waals surface area contributed by atoms with E-state index in [-0.39, 0.29) is 0 Å². The number of nitrogens with zero attached hydrogens (tertiary/aromatic N) is 1. The molecule has 3 nitrogen and oxygen atoms in total. The van der Waals surface area contributed by atoms with Gasteiger partial charge in [0.25, 0.3) is 0 Å². The molecule has 17 heavy (non-hydrogen) atoms. The van der Waals surface area contributed by atoms with Crippen molar-refractivity contribution in [3.8, 4) is 0 Å². The van der Waals surface area contributed by atoms with Crippen LogP contribution < -0.4 is 11.1 Å². The van der Waals surface area contributed by atoms with Crippen LogP contribution in [0, 0.1) is 13.8 Å². The van der Waals surface area contributed by atoms with E-state index in [1.54, 1.807) is 6.20 Å². The molecular weight excluding hydrogens is 210 g/mol. The van der Waals surface area contributed by atoms with E-state index in [1.807, 2.05) is 38.2 Å². The summed E-state index contributed by atoms with van der Waals surface area (Å²) < 4.78 is 0. The third-order valence-corrected chi connectivity index (χ3v) is 2.98. The number of rotatable bonds is 3. The second kappa shape index (κ2) is 4.87. The number of aryl methyl sites for hydroxylation is 1. The second-order valence-corrected chi connectivity index (χ2v) is 4.18. The smallest absolute Gasteiger partial charge is 0.0404 e. The summed E-state index contributed by atoms with van der Waals surface area (Å²) >= 11 is 0. The number of anilines is 2. The number of nitrogens with two attached hydrogens (primary N) is 1. The molecule has 0 radical (unpaired) electrons. The van der Waals surface area contributed by atoms with Crippen LogP contribution in [0.4, 0.5) is 11.4 Å². The zero-order valence-electron chi connectivity index (χ0n) is 10.2. The molecule has 0 saturated heterocycles. The van der Waals surface area contributed by atoms with Gasteiger partial charge in [-0.1, -0.05) is 12.1 Å². The van der Waals surface area contributed by atoms with E-state index in [2.05, 4.69) is 16.4 Å². The normalized spacial score (nSPS) is 10.2. The standard InChI is InChI=1S/C14H17N3/c1-10-8-16-7-6-14(10)17-9-12-4-3-5-13(15)11(12)2/h3-8H,9,15H2,1-2H3,(H,16,17). The molecule has 0 aliphatic rings. The van der Waals surface area contributed by atoms with Crippen molar-refractivity contribution in [1.82, 2.24) is 4.98 Å². The fraction of sp³-hybridized carbons (Fsp3) is 0.214. The first kappa shape index (κ1) is 11.5. The van der Waals surface area contributed by atoms with Crippen LogP contribution in [0.1, 0.15) is 16.7 Å². The summed E-state index contributed by atoms with van der Waals surface area (Å²) in [6.45, 7) is 4.87. The molecule has 0 saturated carbocycles. The van der Waals surface area contributed by atoms with Gasteiger partial charge < -0.3 is 11.1 Å². The molecule has 2 rings (SSSR count). The summed E-state index contributed by atoms with van der Waals surface area (Å²) in [6.07, 6.45) is 3.65. The minimum Gasteiger partial charge on any atom is -0.399 e. The van der Waals surface area contributed by atoms with Gasteiger partial charge in [0.2, 0.25) is 0 Å². The topological polar surface area (TPSA) is 50.9 Å². The molecule has 0 unspecified atom stereocenters. The highest BCUT2D eigenvalue weighted by molar-refractivity contribution is 5.53. The maximum atomic E-state index is 5.88. The highest BCUT2D eigenvalue weighted by atomic mass is 14.9. The lowest BCUT2D eigenvalue weighted by Gasteiger charge is -2.12. The number of aromatic nitrogens is 1. The van der Waals surface area contributed by atoms with Gasteiger partial charge in [0.1, 0.15) is 0 Å². The highest BCUT2D eigenvalue weighted by Gasteiger charge is 2.02. The number of nitrogens with one attached hydrogen (secondary N) is 1. The first-order chi connectivity index (χ1) is 8.18. The molecule has 0 bridgehead atoms. The molecule has 0 spiro atoms. The van der Waals surface area contributed by atoms with Gasteiger partial charge in [0.15, 0.2) is 0 Å². The van der Waals surface area contributed by atoms with Crippen LogP contribution in [0.5, 0.6) is 0 Å². The molecule has 0 amide bonds. The number of nitrogen functional groups attached to an aromatic ring is 1. The quantitative estimate of drug-likeness (QED) is 0.793. The molecule has 1 heterocycles. The third-order valence-electron chi connectivity index (χ3n) is 2.98. The highest BCUT2D eigenvalue weighted by Crippen LogP contribution is 2.18. The van der Waals surface area contributed by atoms with Gasteiger partial charge in [0.05, 0.1) is 0 Å². The van der Waals surface area contributed by atoms with Crippen LogP contribution in [0.3, 0.4) is 0 Å². The van der Waals surface area contributed by atoms with Crippen LogP contribution >= 0.6 is 0 Å². The first-order valence-electron chi connectivity index (χ1n) is 5.67. The summed E-state index contributed by atoms with van der Waals surface area (Å²) in [6, 6.07) is 7.99. The molecular formula is C14H17N3. The SMILES string of the molecule is Cc1cnccc1NCc1cccc(N)c1C. The zero-order chi connectivity index (χ0) is 12.3. The lowest BCUT2D eigenvalue weighted by Crippen LogP contribution is -2.04. The number of pyridine rings is 1. The lowest BCUT2D eigenvalue weighted by atomic mass is 10.1. The number of hydrogen-bond donors (Lipinski definition) is 2. The van der Waals surface area contributed by atoms with Crippen molar-refractivity contribution in [1.29, 1.82) is 0 Å². The van der Waals surface area contributed by atoms with Crippen LogP contribution in [-0.4, -0.2) is 4.98 Å². The van der Waals surface area contributed by atoms with Gasteiger partial charge >= 0.3 is 0 Å². The molecule has 0 aliphatic heterocycles. The average Bonchev–Trinajstić information content (AvgIpc) is 2.33. The van der Waals surface area contributed by atoms with E-state index >= 15 is 0 Å². The minimum absolute atomic E-state index is 0.779. The van der Waals surface area contributed by atoms with Crippen molar-refractivity contribution in [2.45, 2.75) is 20.4 Å². The molecule has 0 atom stereocenters. The Morgan fingerprint density at radius 2 is 2.06 bits per heavy atom. The van der Waals surface area contributed by atoms with E-state index in [0.717, 1.165) is 29.0 Å². The molecule has 88 valence electrons. The summed E-state index contributed by atoms with van der Waals surface area (Å²) in [7, 11) is 0. The van der Waals surface area contributed by atoms with Gasteiger partial charge in [-0.05, 0) is 42.7 Å². The van der Waals surface area contributed by atoms with Crippen LogP contribution in [0.2, 0.25) is 0 Å². The Labute approximate surface area is 102 Å². The van der Waals surface area contributed by atoms with E-state index < -0.39 is 0 Å². The van der Waals surface area contributed by atoms with Crippen molar-refractivity contribution in [3.05, 3.63) is 53.3 Å². The predicted molar refractivity (Wildman–Crippen MR) is 71.9 cm³/mol. The fourth-order valence-corrected chi connectivity index (χ4v) is 1.76. The van der Waals surface area contributed by atoms with Gasteiger partial charge in [-0.25, -0.2) is 0 Å². The maximum absolute atomic E-state index is 5.88. The van der Waals surface area contributed by atoms with Crippen molar-refractivity contribution in [3.63, 3.8) is 0 Å². The Morgan fingerprint density at radius 1 is 1.24 bits per heavy atom. The summed E-state index contributed by atoms with van der Waals surface area (Å²) in [5.41, 5.74) is 11.4. The van der Waals surface area contributed by atoms with Gasteiger partial charge in [-0.3, -0.25) is 4.98 Å². The third kappa shape index (κ3) is 2.56. The van der Waals surface area contributed by atoms with E-state index in [4.69, 9.17) is 5.73 Å². The van der Waals surface area contributed by atoms with Crippen molar-refractivity contribution >= 4 is 11.4 Å². The van der Waals surface area contributed by atoms with Crippen molar-refractivity contribution in [2.24, 2.45) is 0 Å².